The number of hydrogen-bond acceptors (Lipinski definition) is 7. The molecule has 0 saturated carbocycles. The van der Waals surface area contributed by atoms with E-state index in [1.54, 1.807) is 26.4 Å². The smallest absolute Gasteiger partial charge is 0.271 e. The van der Waals surface area contributed by atoms with Crippen LogP contribution in [0.5, 0.6) is 23.0 Å². The van der Waals surface area contributed by atoms with Gasteiger partial charge in [-0.15, -0.1) is 0 Å². The average molecular weight is 536 g/mol. The lowest BCUT2D eigenvalue weighted by Gasteiger charge is -2.26. The second-order valence-electron chi connectivity index (χ2n) is 8.17. The predicted octanol–water partition coefficient (Wildman–Crippen LogP) is 4.42. The number of halogens is 1. The van der Waals surface area contributed by atoms with Gasteiger partial charge in [-0.25, -0.2) is 5.84 Å². The third kappa shape index (κ3) is 5.88. The maximum absolute atomic E-state index is 13.0. The zero-order chi connectivity index (χ0) is 24.7. The van der Waals surface area contributed by atoms with Crippen LogP contribution < -0.4 is 29.7 Å². The predicted molar refractivity (Wildman–Crippen MR) is 136 cm³/mol. The third-order valence-electron chi connectivity index (χ3n) is 6.06. The van der Waals surface area contributed by atoms with Gasteiger partial charge in [-0.3, -0.25) is 9.80 Å². The highest BCUT2D eigenvalue weighted by Gasteiger charge is 2.22. The molecule has 0 aromatic heterocycles. The number of fused-ring (bicyclic) bond motifs is 1. The molecule has 0 saturated heterocycles. The van der Waals surface area contributed by atoms with Gasteiger partial charge in [0.1, 0.15) is 0 Å². The summed E-state index contributed by atoms with van der Waals surface area (Å²) in [5.74, 6) is 8.17. The van der Waals surface area contributed by atoms with Gasteiger partial charge in [-0.05, 0) is 55.9 Å². The number of carbonyl (C=O) groups excluding carboxylic acids is 1. The monoisotopic (exact) mass is 535 g/mol. The first-order chi connectivity index (χ1) is 16.4. The summed E-state index contributed by atoms with van der Waals surface area (Å²) in [4.78, 5) is 15.4. The molecule has 1 aliphatic heterocycles. The van der Waals surface area contributed by atoms with E-state index in [1.165, 1.54) is 30.5 Å². The van der Waals surface area contributed by atoms with E-state index in [0.29, 0.717) is 28.1 Å². The Hall–Kier alpha value is -2.65. The second-order valence-corrected chi connectivity index (χ2v) is 9.09. The Morgan fingerprint density at radius 2 is 1.68 bits per heavy atom. The quantitative estimate of drug-likeness (QED) is 0.208. The zero-order valence-electron chi connectivity index (χ0n) is 20.4. The van der Waals surface area contributed by atoms with E-state index >= 15 is 0 Å². The zero-order valence-corrected chi connectivity index (χ0v) is 21.9. The number of benzene rings is 2. The van der Waals surface area contributed by atoms with Crippen LogP contribution in [-0.2, 0) is 6.42 Å². The lowest BCUT2D eigenvalue weighted by atomic mass is 10.1. The fourth-order valence-electron chi connectivity index (χ4n) is 4.31. The molecule has 1 heterocycles. The van der Waals surface area contributed by atoms with Gasteiger partial charge in [0, 0.05) is 35.9 Å². The van der Waals surface area contributed by atoms with E-state index in [9.17, 15) is 4.79 Å². The number of hydrogen-bond donors (Lipinski definition) is 1. The summed E-state index contributed by atoms with van der Waals surface area (Å²) < 4.78 is 22.5. The lowest BCUT2D eigenvalue weighted by molar-refractivity contribution is 0.0748. The van der Waals surface area contributed by atoms with Crippen molar-refractivity contribution in [2.75, 3.05) is 53.0 Å². The average Bonchev–Trinajstić information content (AvgIpc) is 3.05. The SMILES string of the molecule is COc1cc2c(cc1OC)N(CCCCN(N)C(=O)c1cc(Br)cc(OC)c1OC)CCCC2. The molecule has 2 aromatic rings. The molecule has 1 amide bonds. The van der Waals surface area contributed by atoms with Crippen LogP contribution in [0.1, 0.15) is 41.6 Å². The summed E-state index contributed by atoms with van der Waals surface area (Å²) in [7, 11) is 6.37. The Bertz CT molecular complexity index is 1000. The third-order valence-corrected chi connectivity index (χ3v) is 6.52. The van der Waals surface area contributed by atoms with Gasteiger partial charge in [0.05, 0.1) is 34.0 Å². The van der Waals surface area contributed by atoms with Crippen LogP contribution in [-0.4, -0.2) is 59.0 Å². The Kier molecular flexibility index (Phi) is 9.29. The van der Waals surface area contributed by atoms with E-state index in [0.717, 1.165) is 56.7 Å². The van der Waals surface area contributed by atoms with Crippen molar-refractivity contribution in [2.24, 2.45) is 5.84 Å². The molecule has 8 nitrogen and oxygen atoms in total. The van der Waals surface area contributed by atoms with Gasteiger partial charge in [-0.2, -0.15) is 0 Å². The van der Waals surface area contributed by atoms with Crippen molar-refractivity contribution in [3.05, 3.63) is 39.9 Å². The lowest BCUT2D eigenvalue weighted by Crippen LogP contribution is -2.38. The number of unbranched alkanes of at least 4 members (excludes halogenated alkanes) is 1. The van der Waals surface area contributed by atoms with Crippen LogP contribution in [0.3, 0.4) is 0 Å². The molecular formula is C25H34BrN3O5. The fourth-order valence-corrected chi connectivity index (χ4v) is 4.74. The number of carbonyl (C=O) groups is 1. The summed E-state index contributed by atoms with van der Waals surface area (Å²) in [6.07, 6.45) is 4.96. The van der Waals surface area contributed by atoms with Crippen LogP contribution in [0.25, 0.3) is 0 Å². The number of nitrogens with two attached hydrogens (primary N) is 1. The number of rotatable bonds is 10. The van der Waals surface area contributed by atoms with Gasteiger partial charge in [0.25, 0.3) is 5.91 Å². The fraction of sp³-hybridized carbons (Fsp3) is 0.480. The number of aryl methyl sites for hydroxylation is 1. The highest BCUT2D eigenvalue weighted by atomic mass is 79.9. The van der Waals surface area contributed by atoms with Crippen molar-refractivity contribution in [2.45, 2.75) is 32.1 Å². The van der Waals surface area contributed by atoms with E-state index in [-0.39, 0.29) is 5.91 Å². The van der Waals surface area contributed by atoms with Crippen LogP contribution in [0.2, 0.25) is 0 Å². The number of amides is 1. The molecule has 186 valence electrons. The molecule has 0 aliphatic carbocycles. The molecule has 0 spiro atoms. The number of methoxy groups -OCH3 is 4. The highest BCUT2D eigenvalue weighted by Crippen LogP contribution is 2.38. The van der Waals surface area contributed by atoms with E-state index in [4.69, 9.17) is 24.8 Å². The van der Waals surface area contributed by atoms with Crippen LogP contribution in [0, 0.1) is 0 Å². The molecule has 2 N–H and O–H groups in total. The summed E-state index contributed by atoms with van der Waals surface area (Å²) in [6.45, 7) is 2.30. The number of nitrogens with zero attached hydrogens (tertiary/aromatic N) is 2. The molecule has 0 bridgehead atoms. The summed E-state index contributed by atoms with van der Waals surface area (Å²) in [5, 5.41) is 1.24. The largest absolute Gasteiger partial charge is 0.493 e. The van der Waals surface area contributed by atoms with E-state index in [1.807, 2.05) is 0 Å². The molecule has 3 rings (SSSR count). The topological polar surface area (TPSA) is 86.5 Å². The van der Waals surface area contributed by atoms with E-state index < -0.39 is 0 Å². The molecule has 2 aromatic carbocycles. The van der Waals surface area contributed by atoms with Crippen molar-refractivity contribution in [3.63, 3.8) is 0 Å². The van der Waals surface area contributed by atoms with Crippen LogP contribution >= 0.6 is 15.9 Å². The van der Waals surface area contributed by atoms with Crippen LogP contribution in [0.4, 0.5) is 5.69 Å². The van der Waals surface area contributed by atoms with Crippen molar-refractivity contribution >= 4 is 27.5 Å². The molecule has 0 radical (unpaired) electrons. The number of ether oxygens (including phenoxy) is 4. The molecule has 34 heavy (non-hydrogen) atoms. The van der Waals surface area contributed by atoms with Gasteiger partial charge in [0.15, 0.2) is 23.0 Å². The summed E-state index contributed by atoms with van der Waals surface area (Å²) in [5.41, 5.74) is 2.84. The van der Waals surface area contributed by atoms with E-state index in [2.05, 4.69) is 33.0 Å². The summed E-state index contributed by atoms with van der Waals surface area (Å²) >= 11 is 3.41. The minimum atomic E-state index is -0.312. The molecule has 0 fully saturated rings. The van der Waals surface area contributed by atoms with Crippen molar-refractivity contribution < 1.29 is 23.7 Å². The van der Waals surface area contributed by atoms with Gasteiger partial charge in [-0.1, -0.05) is 15.9 Å². The maximum Gasteiger partial charge on any atom is 0.271 e. The van der Waals surface area contributed by atoms with Crippen LogP contribution in [0.15, 0.2) is 28.7 Å². The van der Waals surface area contributed by atoms with Crippen molar-refractivity contribution in [1.29, 1.82) is 0 Å². The summed E-state index contributed by atoms with van der Waals surface area (Å²) in [6, 6.07) is 7.61. The molecule has 1 aliphatic rings. The molecule has 0 atom stereocenters. The maximum atomic E-state index is 13.0. The second kappa shape index (κ2) is 12.2. The number of hydrazine groups is 1. The first-order valence-electron chi connectivity index (χ1n) is 11.4. The van der Waals surface area contributed by atoms with Gasteiger partial charge < -0.3 is 23.8 Å². The first kappa shape index (κ1) is 26.0. The normalized spacial score (nSPS) is 13.1. The highest BCUT2D eigenvalue weighted by molar-refractivity contribution is 9.10. The minimum Gasteiger partial charge on any atom is -0.493 e. The molecule has 0 unspecified atom stereocenters. The Balaban J connectivity index is 1.63. The first-order valence-corrected chi connectivity index (χ1v) is 12.2. The standard InChI is InChI=1S/C25H34BrN3O5/c1-31-21-13-17-9-5-6-10-28(20(17)16-22(21)32-2)11-7-8-12-29(27)25(30)19-14-18(26)15-23(33-3)24(19)34-4/h13-16H,5-12,27H2,1-4H3. The molecular weight excluding hydrogens is 502 g/mol. The molecule has 9 heteroatoms. The van der Waals surface area contributed by atoms with Gasteiger partial charge in [0.2, 0.25) is 0 Å². The van der Waals surface area contributed by atoms with Crippen molar-refractivity contribution in [3.8, 4) is 23.0 Å². The van der Waals surface area contributed by atoms with Crippen molar-refractivity contribution in [1.82, 2.24) is 5.01 Å². The Labute approximate surface area is 210 Å². The Morgan fingerprint density at radius 3 is 2.35 bits per heavy atom. The number of anilines is 1. The minimum absolute atomic E-state index is 0.312. The van der Waals surface area contributed by atoms with Gasteiger partial charge >= 0.3 is 0 Å². The Morgan fingerprint density at radius 1 is 0.971 bits per heavy atom.